The maximum atomic E-state index is 6.47. The van der Waals surface area contributed by atoms with Gasteiger partial charge in [-0.3, -0.25) is 9.97 Å². The molecule has 160 valence electrons. The molecular weight excluding hydrogens is 442 g/mol. The van der Waals surface area contributed by atoms with Gasteiger partial charge in [0, 0.05) is 41.9 Å². The predicted octanol–water partition coefficient (Wildman–Crippen LogP) is 5.11. The number of anilines is 1. The molecule has 0 amide bonds. The van der Waals surface area contributed by atoms with E-state index in [1.807, 2.05) is 60.8 Å². The molecule has 1 N–H and O–H groups in total. The Hall–Kier alpha value is -3.42. The van der Waals surface area contributed by atoms with Crippen LogP contribution in [0.4, 0.5) is 5.69 Å². The number of nitrogens with zero attached hydrogens (tertiary/aromatic N) is 4. The number of aromatic nitrogens is 3. The van der Waals surface area contributed by atoms with E-state index in [4.69, 9.17) is 28.6 Å². The summed E-state index contributed by atoms with van der Waals surface area (Å²) in [4.78, 5) is 10.9. The quantitative estimate of drug-likeness (QED) is 0.417. The number of benzene rings is 1. The third-order valence-electron chi connectivity index (χ3n) is 5.54. The van der Waals surface area contributed by atoms with Gasteiger partial charge in [0.1, 0.15) is 11.8 Å². The molecule has 0 bridgehead atoms. The minimum Gasteiger partial charge on any atom is -0.495 e. The summed E-state index contributed by atoms with van der Waals surface area (Å²) < 4.78 is 7.49. The third-order valence-corrected chi connectivity index (χ3v) is 6.15. The fraction of sp³-hybridized carbons (Fsp3) is 0.125. The summed E-state index contributed by atoms with van der Waals surface area (Å²) in [5.74, 6) is 0.617. The number of thiocarbonyl (C=S) groups is 1. The van der Waals surface area contributed by atoms with Crippen molar-refractivity contribution < 1.29 is 4.74 Å². The SMILES string of the molecule is COc1ccc(N2C(=S)NC(c3ccccn3)C2c2cccn2-c2ccncc2)cc1Cl. The van der Waals surface area contributed by atoms with Gasteiger partial charge in [0.2, 0.25) is 0 Å². The van der Waals surface area contributed by atoms with Crippen molar-refractivity contribution in [3.05, 3.63) is 102 Å². The number of ether oxygens (including phenoxy) is 1. The van der Waals surface area contributed by atoms with Crippen molar-refractivity contribution >= 4 is 34.6 Å². The van der Waals surface area contributed by atoms with Crippen LogP contribution in [0, 0.1) is 0 Å². The topological polar surface area (TPSA) is 55.2 Å². The second-order valence-corrected chi connectivity index (χ2v) is 8.12. The number of hydrogen-bond donors (Lipinski definition) is 1. The Morgan fingerprint density at radius 3 is 2.56 bits per heavy atom. The lowest BCUT2D eigenvalue weighted by molar-refractivity contribution is 0.415. The highest BCUT2D eigenvalue weighted by Crippen LogP contribution is 2.43. The predicted molar refractivity (Wildman–Crippen MR) is 129 cm³/mol. The normalized spacial score (nSPS) is 17.9. The van der Waals surface area contributed by atoms with Crippen molar-refractivity contribution in [3.8, 4) is 11.4 Å². The Balaban J connectivity index is 1.66. The van der Waals surface area contributed by atoms with E-state index >= 15 is 0 Å². The lowest BCUT2D eigenvalue weighted by Crippen LogP contribution is -2.30. The van der Waals surface area contributed by atoms with Gasteiger partial charge in [-0.25, -0.2) is 0 Å². The van der Waals surface area contributed by atoms with E-state index in [0.29, 0.717) is 15.9 Å². The molecule has 0 aliphatic carbocycles. The molecule has 8 heteroatoms. The number of hydrogen-bond acceptors (Lipinski definition) is 4. The first-order valence-corrected chi connectivity index (χ1v) is 10.9. The molecule has 1 fully saturated rings. The zero-order chi connectivity index (χ0) is 22.1. The van der Waals surface area contributed by atoms with Crippen LogP contribution in [0.25, 0.3) is 5.69 Å². The van der Waals surface area contributed by atoms with Crippen LogP contribution in [0.3, 0.4) is 0 Å². The molecule has 2 atom stereocenters. The Labute approximate surface area is 196 Å². The summed E-state index contributed by atoms with van der Waals surface area (Å²) in [6.45, 7) is 0. The van der Waals surface area contributed by atoms with E-state index in [1.54, 1.807) is 25.7 Å². The van der Waals surface area contributed by atoms with Gasteiger partial charge >= 0.3 is 0 Å². The van der Waals surface area contributed by atoms with Crippen LogP contribution in [-0.4, -0.2) is 26.8 Å². The zero-order valence-corrected chi connectivity index (χ0v) is 18.8. The molecular formula is C24H20ClN5OS. The number of nitrogens with one attached hydrogen (secondary N) is 1. The van der Waals surface area contributed by atoms with Gasteiger partial charge in [0.25, 0.3) is 0 Å². The summed E-state index contributed by atoms with van der Waals surface area (Å²) in [5, 5.41) is 4.61. The number of pyridine rings is 2. The van der Waals surface area contributed by atoms with E-state index in [1.165, 1.54) is 0 Å². The molecule has 1 saturated heterocycles. The molecule has 1 aliphatic heterocycles. The van der Waals surface area contributed by atoms with Crippen LogP contribution in [0.5, 0.6) is 5.75 Å². The molecule has 2 unspecified atom stereocenters. The highest BCUT2D eigenvalue weighted by atomic mass is 35.5. The Morgan fingerprint density at radius 2 is 1.84 bits per heavy atom. The van der Waals surface area contributed by atoms with E-state index in [0.717, 1.165) is 22.8 Å². The second kappa shape index (κ2) is 8.61. The third kappa shape index (κ3) is 3.59. The van der Waals surface area contributed by atoms with Gasteiger partial charge in [0.15, 0.2) is 5.11 Å². The smallest absolute Gasteiger partial charge is 0.174 e. The van der Waals surface area contributed by atoms with E-state index in [2.05, 4.69) is 30.8 Å². The summed E-state index contributed by atoms with van der Waals surface area (Å²) in [6, 6.07) is 19.4. The van der Waals surface area contributed by atoms with Crippen molar-refractivity contribution in [2.24, 2.45) is 0 Å². The minimum absolute atomic E-state index is 0.153. The van der Waals surface area contributed by atoms with Crippen molar-refractivity contribution in [2.75, 3.05) is 12.0 Å². The Bertz CT molecular complexity index is 1250. The molecule has 1 aromatic carbocycles. The van der Waals surface area contributed by atoms with E-state index in [9.17, 15) is 0 Å². The maximum absolute atomic E-state index is 6.47. The highest BCUT2D eigenvalue weighted by Gasteiger charge is 2.42. The van der Waals surface area contributed by atoms with Gasteiger partial charge in [-0.1, -0.05) is 17.7 Å². The number of methoxy groups -OCH3 is 1. The van der Waals surface area contributed by atoms with Crippen molar-refractivity contribution in [1.29, 1.82) is 0 Å². The van der Waals surface area contributed by atoms with Gasteiger partial charge < -0.3 is 19.5 Å². The summed E-state index contributed by atoms with van der Waals surface area (Å²) >= 11 is 12.3. The van der Waals surface area contributed by atoms with Gasteiger partial charge in [-0.05, 0) is 66.8 Å². The van der Waals surface area contributed by atoms with E-state index < -0.39 is 0 Å². The van der Waals surface area contributed by atoms with E-state index in [-0.39, 0.29) is 12.1 Å². The highest BCUT2D eigenvalue weighted by molar-refractivity contribution is 7.80. The van der Waals surface area contributed by atoms with Gasteiger partial charge in [-0.15, -0.1) is 0 Å². The second-order valence-electron chi connectivity index (χ2n) is 7.32. The molecule has 0 spiro atoms. The van der Waals surface area contributed by atoms with Crippen molar-refractivity contribution in [2.45, 2.75) is 12.1 Å². The number of halogens is 1. The summed E-state index contributed by atoms with van der Waals surface area (Å²) in [5.41, 5.74) is 3.86. The monoisotopic (exact) mass is 461 g/mol. The average molecular weight is 462 g/mol. The molecule has 0 radical (unpaired) electrons. The molecule has 5 rings (SSSR count). The molecule has 6 nitrogen and oxygen atoms in total. The maximum Gasteiger partial charge on any atom is 0.174 e. The van der Waals surface area contributed by atoms with Gasteiger partial charge in [0.05, 0.1) is 23.9 Å². The fourth-order valence-corrected chi connectivity index (χ4v) is 4.71. The molecule has 3 aromatic heterocycles. The zero-order valence-electron chi connectivity index (χ0n) is 17.2. The lowest BCUT2D eigenvalue weighted by Gasteiger charge is -2.29. The molecule has 0 saturated carbocycles. The Morgan fingerprint density at radius 1 is 1.00 bits per heavy atom. The summed E-state index contributed by atoms with van der Waals surface area (Å²) in [7, 11) is 1.60. The van der Waals surface area contributed by atoms with Crippen LogP contribution >= 0.6 is 23.8 Å². The Kier molecular flexibility index (Phi) is 5.51. The standard InChI is InChI=1S/C24H20ClN5OS/c1-31-21-8-7-17(15-18(21)25)30-23(22(28-24(30)32)19-5-2-3-11-27-19)20-6-4-14-29(20)16-9-12-26-13-10-16/h2-15,22-23H,1H3,(H,28,32). The summed E-state index contributed by atoms with van der Waals surface area (Å²) in [6.07, 6.45) is 7.41. The fourth-order valence-electron chi connectivity index (χ4n) is 4.11. The molecule has 32 heavy (non-hydrogen) atoms. The van der Waals surface area contributed by atoms with Crippen molar-refractivity contribution in [1.82, 2.24) is 19.9 Å². The van der Waals surface area contributed by atoms with Crippen LogP contribution in [-0.2, 0) is 0 Å². The van der Waals surface area contributed by atoms with Gasteiger partial charge in [-0.2, -0.15) is 0 Å². The minimum atomic E-state index is -0.162. The van der Waals surface area contributed by atoms with Crippen LogP contribution < -0.4 is 15.0 Å². The first-order valence-electron chi connectivity index (χ1n) is 10.1. The molecule has 1 aliphatic rings. The first kappa shape index (κ1) is 20.5. The van der Waals surface area contributed by atoms with Crippen molar-refractivity contribution in [3.63, 3.8) is 0 Å². The molecule has 4 aromatic rings. The largest absolute Gasteiger partial charge is 0.495 e. The first-order chi connectivity index (χ1) is 15.7. The molecule has 4 heterocycles. The van der Waals surface area contributed by atoms with Crippen LogP contribution in [0.15, 0.2) is 85.5 Å². The lowest BCUT2D eigenvalue weighted by atomic mass is 10.0. The number of rotatable bonds is 5. The van der Waals surface area contributed by atoms with Crippen LogP contribution in [0.1, 0.15) is 23.5 Å². The van der Waals surface area contributed by atoms with Crippen LogP contribution in [0.2, 0.25) is 5.02 Å². The average Bonchev–Trinajstić information content (AvgIpc) is 3.44.